The van der Waals surface area contributed by atoms with Gasteiger partial charge in [-0.25, -0.2) is 9.97 Å². The van der Waals surface area contributed by atoms with Gasteiger partial charge in [-0.3, -0.25) is 0 Å². The van der Waals surface area contributed by atoms with Crippen molar-refractivity contribution in [3.8, 4) is 0 Å². The monoisotopic (exact) mass is 282 g/mol. The van der Waals surface area contributed by atoms with Crippen LogP contribution in [-0.2, 0) is 0 Å². The lowest BCUT2D eigenvalue weighted by atomic mass is 10.0. The van der Waals surface area contributed by atoms with Crippen molar-refractivity contribution in [1.82, 2.24) is 15.0 Å². The minimum atomic E-state index is 0.379. The van der Waals surface area contributed by atoms with Gasteiger partial charge in [0.15, 0.2) is 17.2 Å². The first-order valence-electron chi connectivity index (χ1n) is 7.04. The topological polar surface area (TPSA) is 63.8 Å². The predicted molar refractivity (Wildman–Crippen MR) is 82.4 cm³/mol. The normalized spacial score (nSPS) is 12.5. The third kappa shape index (κ3) is 2.86. The van der Waals surface area contributed by atoms with Gasteiger partial charge in [0.25, 0.3) is 5.71 Å². The number of aromatic nitrogens is 3. The van der Waals surface area contributed by atoms with Crippen molar-refractivity contribution in [1.29, 1.82) is 0 Å². The summed E-state index contributed by atoms with van der Waals surface area (Å²) in [4.78, 5) is 13.0. The SMILES string of the molecule is Cc1nc(NC[C@H](C)c2ccccc2)c2nc(C)oc2n1. The van der Waals surface area contributed by atoms with E-state index in [2.05, 4.69) is 51.5 Å². The average Bonchev–Trinajstić information content (AvgIpc) is 2.85. The van der Waals surface area contributed by atoms with E-state index in [0.29, 0.717) is 28.9 Å². The van der Waals surface area contributed by atoms with Crippen LogP contribution in [0.25, 0.3) is 11.2 Å². The van der Waals surface area contributed by atoms with E-state index in [4.69, 9.17) is 4.42 Å². The second-order valence-corrected chi connectivity index (χ2v) is 5.20. The molecular formula is C16H18N4O. The Hall–Kier alpha value is -2.43. The molecule has 0 fully saturated rings. The summed E-state index contributed by atoms with van der Waals surface area (Å²) in [6, 6.07) is 10.4. The number of benzene rings is 1. The first-order valence-corrected chi connectivity index (χ1v) is 7.04. The zero-order valence-electron chi connectivity index (χ0n) is 12.4. The van der Waals surface area contributed by atoms with Gasteiger partial charge >= 0.3 is 0 Å². The molecule has 0 aliphatic carbocycles. The third-order valence-corrected chi connectivity index (χ3v) is 3.42. The first kappa shape index (κ1) is 13.5. The van der Waals surface area contributed by atoms with Gasteiger partial charge in [-0.2, -0.15) is 4.98 Å². The molecule has 21 heavy (non-hydrogen) atoms. The highest BCUT2D eigenvalue weighted by atomic mass is 16.4. The van der Waals surface area contributed by atoms with Gasteiger partial charge in [0.2, 0.25) is 0 Å². The van der Waals surface area contributed by atoms with E-state index in [9.17, 15) is 0 Å². The summed E-state index contributed by atoms with van der Waals surface area (Å²) in [5.41, 5.74) is 2.52. The molecular weight excluding hydrogens is 264 g/mol. The highest BCUT2D eigenvalue weighted by molar-refractivity contribution is 5.81. The van der Waals surface area contributed by atoms with E-state index in [1.54, 1.807) is 0 Å². The van der Waals surface area contributed by atoms with Crippen molar-refractivity contribution in [3.63, 3.8) is 0 Å². The summed E-state index contributed by atoms with van der Waals surface area (Å²) in [6.45, 7) is 6.62. The van der Waals surface area contributed by atoms with E-state index >= 15 is 0 Å². The van der Waals surface area contributed by atoms with Crippen LogP contribution in [0.1, 0.15) is 30.1 Å². The van der Waals surface area contributed by atoms with E-state index in [0.717, 1.165) is 12.4 Å². The second-order valence-electron chi connectivity index (χ2n) is 5.20. The van der Waals surface area contributed by atoms with E-state index < -0.39 is 0 Å². The molecule has 2 heterocycles. The maximum absolute atomic E-state index is 5.48. The molecule has 1 atom stereocenters. The molecule has 0 radical (unpaired) electrons. The van der Waals surface area contributed by atoms with Gasteiger partial charge in [0.1, 0.15) is 5.82 Å². The Morgan fingerprint density at radius 2 is 1.86 bits per heavy atom. The molecule has 3 rings (SSSR count). The molecule has 0 unspecified atom stereocenters. The fourth-order valence-corrected chi connectivity index (χ4v) is 2.31. The van der Waals surface area contributed by atoms with E-state index in [-0.39, 0.29) is 0 Å². The summed E-state index contributed by atoms with van der Waals surface area (Å²) >= 11 is 0. The second kappa shape index (κ2) is 5.52. The Kier molecular flexibility index (Phi) is 3.56. The Morgan fingerprint density at radius 1 is 1.10 bits per heavy atom. The van der Waals surface area contributed by atoms with E-state index in [1.807, 2.05) is 19.9 Å². The minimum absolute atomic E-state index is 0.379. The van der Waals surface area contributed by atoms with Crippen LogP contribution in [0.15, 0.2) is 34.7 Å². The fraction of sp³-hybridized carbons (Fsp3) is 0.312. The van der Waals surface area contributed by atoms with Crippen molar-refractivity contribution in [2.45, 2.75) is 26.7 Å². The number of anilines is 1. The molecule has 5 heteroatoms. The Bertz CT molecular complexity index is 752. The molecule has 2 aromatic heterocycles. The molecule has 1 N–H and O–H groups in total. The maximum Gasteiger partial charge on any atom is 0.252 e. The molecule has 1 aromatic carbocycles. The highest BCUT2D eigenvalue weighted by Crippen LogP contribution is 2.22. The average molecular weight is 282 g/mol. The maximum atomic E-state index is 5.48. The molecule has 0 spiro atoms. The van der Waals surface area contributed by atoms with Crippen molar-refractivity contribution in [2.24, 2.45) is 0 Å². The van der Waals surface area contributed by atoms with Gasteiger partial charge in [-0.05, 0) is 18.4 Å². The predicted octanol–water partition coefficient (Wildman–Crippen LogP) is 3.45. The zero-order valence-corrected chi connectivity index (χ0v) is 12.4. The molecule has 108 valence electrons. The molecule has 5 nitrogen and oxygen atoms in total. The number of oxazole rings is 1. The van der Waals surface area contributed by atoms with Crippen LogP contribution in [0.2, 0.25) is 0 Å². The quantitative estimate of drug-likeness (QED) is 0.794. The molecule has 0 bridgehead atoms. The van der Waals surface area contributed by atoms with Crippen molar-refractivity contribution >= 4 is 17.0 Å². The summed E-state index contributed by atoms with van der Waals surface area (Å²) in [7, 11) is 0. The highest BCUT2D eigenvalue weighted by Gasteiger charge is 2.13. The lowest BCUT2D eigenvalue weighted by Gasteiger charge is -2.13. The van der Waals surface area contributed by atoms with Crippen LogP contribution < -0.4 is 5.32 Å². The van der Waals surface area contributed by atoms with E-state index in [1.165, 1.54) is 5.56 Å². The molecule has 3 aromatic rings. The fourth-order valence-electron chi connectivity index (χ4n) is 2.31. The standard InChI is InChI=1S/C16H18N4O/c1-10(13-7-5-4-6-8-13)9-17-15-14-16(19-11(2)18-15)21-12(3)20-14/h4-8,10H,9H2,1-3H3,(H,17,18,19)/t10-/m0/s1. The Labute approximate surface area is 123 Å². The zero-order chi connectivity index (χ0) is 14.8. The Balaban J connectivity index is 1.82. The summed E-state index contributed by atoms with van der Waals surface area (Å²) in [6.07, 6.45) is 0. The van der Waals surface area contributed by atoms with Crippen LogP contribution in [0.3, 0.4) is 0 Å². The first-order chi connectivity index (χ1) is 10.1. The third-order valence-electron chi connectivity index (χ3n) is 3.42. The number of hydrogen-bond acceptors (Lipinski definition) is 5. The molecule has 0 aliphatic rings. The van der Waals surface area contributed by atoms with Crippen LogP contribution in [0, 0.1) is 13.8 Å². The van der Waals surface area contributed by atoms with Crippen LogP contribution in [-0.4, -0.2) is 21.5 Å². The summed E-state index contributed by atoms with van der Waals surface area (Å²) < 4.78 is 5.48. The lowest BCUT2D eigenvalue weighted by molar-refractivity contribution is 0.550. The number of fused-ring (bicyclic) bond motifs is 1. The summed E-state index contributed by atoms with van der Waals surface area (Å²) in [5, 5.41) is 3.37. The van der Waals surface area contributed by atoms with Gasteiger partial charge in [-0.1, -0.05) is 37.3 Å². The van der Waals surface area contributed by atoms with Crippen molar-refractivity contribution < 1.29 is 4.42 Å². The number of rotatable bonds is 4. The molecule has 0 aliphatic heterocycles. The number of nitrogens with zero attached hydrogens (tertiary/aromatic N) is 3. The molecule has 0 saturated heterocycles. The Morgan fingerprint density at radius 3 is 2.62 bits per heavy atom. The van der Waals surface area contributed by atoms with Crippen molar-refractivity contribution in [3.05, 3.63) is 47.6 Å². The minimum Gasteiger partial charge on any atom is -0.422 e. The largest absolute Gasteiger partial charge is 0.422 e. The lowest BCUT2D eigenvalue weighted by Crippen LogP contribution is -2.11. The number of hydrogen-bond donors (Lipinski definition) is 1. The molecule has 0 amide bonds. The number of aryl methyl sites for hydroxylation is 2. The van der Waals surface area contributed by atoms with Gasteiger partial charge in [0, 0.05) is 13.5 Å². The van der Waals surface area contributed by atoms with Crippen LogP contribution in [0.5, 0.6) is 0 Å². The van der Waals surface area contributed by atoms with Crippen LogP contribution >= 0.6 is 0 Å². The summed E-state index contributed by atoms with van der Waals surface area (Å²) in [5.74, 6) is 2.39. The van der Waals surface area contributed by atoms with Gasteiger partial charge < -0.3 is 9.73 Å². The van der Waals surface area contributed by atoms with Crippen LogP contribution in [0.4, 0.5) is 5.82 Å². The van der Waals surface area contributed by atoms with Gasteiger partial charge in [0.05, 0.1) is 0 Å². The van der Waals surface area contributed by atoms with Crippen molar-refractivity contribution in [2.75, 3.05) is 11.9 Å². The smallest absolute Gasteiger partial charge is 0.252 e. The molecule has 0 saturated carbocycles. The number of nitrogens with one attached hydrogen (secondary N) is 1. The van der Waals surface area contributed by atoms with Gasteiger partial charge in [-0.15, -0.1) is 0 Å².